The summed E-state index contributed by atoms with van der Waals surface area (Å²) in [5.41, 5.74) is 1.60. The number of nitrogens with zero attached hydrogens (tertiary/aromatic N) is 1. The van der Waals surface area contributed by atoms with Crippen LogP contribution in [-0.4, -0.2) is 45.4 Å². The minimum Gasteiger partial charge on any atom is -0.493 e. The highest BCUT2D eigenvalue weighted by atomic mass is 19.1. The van der Waals surface area contributed by atoms with E-state index in [1.54, 1.807) is 33.4 Å². The summed E-state index contributed by atoms with van der Waals surface area (Å²) >= 11 is 0. The number of hydrogen-bond acceptors (Lipinski definition) is 4. The molecule has 0 heterocycles. The van der Waals surface area contributed by atoms with Gasteiger partial charge in [0.15, 0.2) is 11.5 Å². The molecule has 0 aliphatic carbocycles. The Kier molecular flexibility index (Phi) is 8.07. The molecule has 1 atom stereocenters. The van der Waals surface area contributed by atoms with Crippen molar-refractivity contribution in [1.29, 1.82) is 0 Å². The van der Waals surface area contributed by atoms with Crippen LogP contribution in [0.1, 0.15) is 24.1 Å². The number of hydrogen-bond donors (Lipinski definition) is 1. The Morgan fingerprint density at radius 1 is 1.14 bits per heavy atom. The number of ether oxygens (including phenoxy) is 3. The molecule has 0 aromatic heterocycles. The van der Waals surface area contributed by atoms with Crippen LogP contribution in [0.15, 0.2) is 42.5 Å². The average Bonchev–Trinajstić information content (AvgIpc) is 2.68. The molecule has 0 fully saturated rings. The fourth-order valence-electron chi connectivity index (χ4n) is 2.67. The van der Waals surface area contributed by atoms with Gasteiger partial charge >= 0.3 is 6.03 Å². The summed E-state index contributed by atoms with van der Waals surface area (Å²) < 4.78 is 29.3. The Labute approximate surface area is 165 Å². The van der Waals surface area contributed by atoms with Gasteiger partial charge in [-0.05, 0) is 42.3 Å². The lowest BCUT2D eigenvalue weighted by Crippen LogP contribution is -2.38. The van der Waals surface area contributed by atoms with Gasteiger partial charge < -0.3 is 24.4 Å². The number of amides is 2. The molecule has 28 heavy (non-hydrogen) atoms. The first kappa shape index (κ1) is 21.5. The quantitative estimate of drug-likeness (QED) is 0.663. The molecule has 0 spiro atoms. The van der Waals surface area contributed by atoms with Gasteiger partial charge in [0.05, 0.1) is 19.8 Å². The van der Waals surface area contributed by atoms with Crippen molar-refractivity contribution < 1.29 is 23.4 Å². The molecule has 7 heteroatoms. The first-order chi connectivity index (χ1) is 13.4. The summed E-state index contributed by atoms with van der Waals surface area (Å²) in [6.45, 7) is 3.10. The van der Waals surface area contributed by atoms with Crippen LogP contribution in [0, 0.1) is 5.82 Å². The third-order valence-corrected chi connectivity index (χ3v) is 4.23. The van der Waals surface area contributed by atoms with Crippen LogP contribution < -0.4 is 14.8 Å². The highest BCUT2D eigenvalue weighted by Gasteiger charge is 2.16. The lowest BCUT2D eigenvalue weighted by molar-refractivity contribution is 0.144. The molecule has 1 unspecified atom stereocenters. The van der Waals surface area contributed by atoms with Crippen molar-refractivity contribution in [3.8, 4) is 11.5 Å². The summed E-state index contributed by atoms with van der Waals surface area (Å²) in [4.78, 5) is 14.0. The standard InChI is InChI=1S/C21H27FN2O4/c1-15(17-8-9-19(20(13-17)27-4)28-11-10-26-3)23-21(25)24(2)14-16-6-5-7-18(22)12-16/h5-9,12-13,15H,10-11,14H2,1-4H3,(H,23,25). The highest BCUT2D eigenvalue weighted by Crippen LogP contribution is 2.30. The van der Waals surface area contributed by atoms with E-state index in [1.807, 2.05) is 25.1 Å². The molecule has 2 amide bonds. The average molecular weight is 390 g/mol. The second-order valence-corrected chi connectivity index (χ2v) is 6.41. The van der Waals surface area contributed by atoms with E-state index in [4.69, 9.17) is 14.2 Å². The first-order valence-corrected chi connectivity index (χ1v) is 9.00. The van der Waals surface area contributed by atoms with Crippen molar-refractivity contribution in [2.24, 2.45) is 0 Å². The number of benzene rings is 2. The number of carbonyl (C=O) groups is 1. The van der Waals surface area contributed by atoms with Crippen molar-refractivity contribution in [3.05, 3.63) is 59.4 Å². The number of halogens is 1. The van der Waals surface area contributed by atoms with Crippen LogP contribution in [0.4, 0.5) is 9.18 Å². The minimum absolute atomic E-state index is 0.246. The van der Waals surface area contributed by atoms with Gasteiger partial charge in [0, 0.05) is 20.7 Å². The smallest absolute Gasteiger partial charge is 0.317 e. The van der Waals surface area contributed by atoms with E-state index < -0.39 is 0 Å². The fourth-order valence-corrected chi connectivity index (χ4v) is 2.67. The fraction of sp³-hybridized carbons (Fsp3) is 0.381. The number of rotatable bonds is 9. The van der Waals surface area contributed by atoms with E-state index in [0.29, 0.717) is 31.3 Å². The molecule has 1 N–H and O–H groups in total. The van der Waals surface area contributed by atoms with Crippen LogP contribution in [0.5, 0.6) is 11.5 Å². The second kappa shape index (κ2) is 10.5. The van der Waals surface area contributed by atoms with Crippen LogP contribution in [-0.2, 0) is 11.3 Å². The Morgan fingerprint density at radius 3 is 2.61 bits per heavy atom. The van der Waals surface area contributed by atoms with E-state index in [-0.39, 0.29) is 17.9 Å². The predicted molar refractivity (Wildman–Crippen MR) is 105 cm³/mol. The second-order valence-electron chi connectivity index (χ2n) is 6.41. The molecule has 2 rings (SSSR count). The minimum atomic E-state index is -0.320. The van der Waals surface area contributed by atoms with Gasteiger partial charge in [-0.25, -0.2) is 9.18 Å². The van der Waals surface area contributed by atoms with Crippen LogP contribution >= 0.6 is 0 Å². The summed E-state index contributed by atoms with van der Waals surface area (Å²) in [5.74, 6) is 0.882. The molecule has 0 saturated carbocycles. The third-order valence-electron chi connectivity index (χ3n) is 4.23. The zero-order chi connectivity index (χ0) is 20.5. The van der Waals surface area contributed by atoms with Crippen molar-refractivity contribution >= 4 is 6.03 Å². The predicted octanol–water partition coefficient (Wildman–Crippen LogP) is 3.76. The van der Waals surface area contributed by atoms with Crippen LogP contribution in [0.2, 0.25) is 0 Å². The molecule has 2 aromatic carbocycles. The Bertz CT molecular complexity index is 785. The zero-order valence-corrected chi connectivity index (χ0v) is 16.7. The molecule has 0 aliphatic heterocycles. The van der Waals surface area contributed by atoms with Crippen LogP contribution in [0.25, 0.3) is 0 Å². The first-order valence-electron chi connectivity index (χ1n) is 9.00. The van der Waals surface area contributed by atoms with E-state index in [1.165, 1.54) is 17.0 Å². The normalized spacial score (nSPS) is 11.6. The molecule has 0 aliphatic rings. The van der Waals surface area contributed by atoms with Gasteiger partial charge in [-0.2, -0.15) is 0 Å². The molecule has 0 bridgehead atoms. The van der Waals surface area contributed by atoms with Gasteiger partial charge in [-0.15, -0.1) is 0 Å². The molecule has 152 valence electrons. The van der Waals surface area contributed by atoms with Gasteiger partial charge in [-0.3, -0.25) is 0 Å². The van der Waals surface area contributed by atoms with Gasteiger partial charge in [0.2, 0.25) is 0 Å². The lowest BCUT2D eigenvalue weighted by Gasteiger charge is -2.22. The van der Waals surface area contributed by atoms with Gasteiger partial charge in [0.1, 0.15) is 12.4 Å². The van der Waals surface area contributed by atoms with Crippen molar-refractivity contribution in [2.45, 2.75) is 19.5 Å². The zero-order valence-electron chi connectivity index (χ0n) is 16.7. The summed E-state index contributed by atoms with van der Waals surface area (Å²) in [6.07, 6.45) is 0. The van der Waals surface area contributed by atoms with Crippen molar-refractivity contribution in [3.63, 3.8) is 0 Å². The summed E-state index contributed by atoms with van der Waals surface area (Å²) in [5, 5.41) is 2.93. The number of carbonyl (C=O) groups excluding carboxylic acids is 1. The maximum atomic E-state index is 13.3. The molecule has 0 saturated heterocycles. The number of methoxy groups -OCH3 is 2. The lowest BCUT2D eigenvalue weighted by atomic mass is 10.1. The van der Waals surface area contributed by atoms with Crippen molar-refractivity contribution in [1.82, 2.24) is 10.2 Å². The van der Waals surface area contributed by atoms with Crippen LogP contribution in [0.3, 0.4) is 0 Å². The molecular weight excluding hydrogens is 363 g/mol. The van der Waals surface area contributed by atoms with E-state index in [9.17, 15) is 9.18 Å². The third kappa shape index (κ3) is 6.13. The van der Waals surface area contributed by atoms with E-state index >= 15 is 0 Å². The summed E-state index contributed by atoms with van der Waals surface area (Å²) in [7, 11) is 4.85. The maximum Gasteiger partial charge on any atom is 0.317 e. The van der Waals surface area contributed by atoms with E-state index in [0.717, 1.165) is 11.1 Å². The Morgan fingerprint density at radius 2 is 1.93 bits per heavy atom. The molecule has 0 radical (unpaired) electrons. The summed E-state index contributed by atoms with van der Waals surface area (Å²) in [6, 6.07) is 11.2. The molecular formula is C21H27FN2O4. The monoisotopic (exact) mass is 390 g/mol. The molecule has 6 nitrogen and oxygen atoms in total. The van der Waals surface area contributed by atoms with Gasteiger partial charge in [-0.1, -0.05) is 18.2 Å². The molecule has 2 aromatic rings. The van der Waals surface area contributed by atoms with Gasteiger partial charge in [0.25, 0.3) is 0 Å². The highest BCUT2D eigenvalue weighted by molar-refractivity contribution is 5.74. The largest absolute Gasteiger partial charge is 0.493 e. The topological polar surface area (TPSA) is 60.0 Å². The Balaban J connectivity index is 1.98. The maximum absolute atomic E-state index is 13.3. The SMILES string of the molecule is COCCOc1ccc(C(C)NC(=O)N(C)Cc2cccc(F)c2)cc1OC. The number of urea groups is 1. The number of nitrogens with one attached hydrogen (secondary N) is 1. The van der Waals surface area contributed by atoms with E-state index in [2.05, 4.69) is 5.32 Å². The Hall–Kier alpha value is -2.80. The van der Waals surface area contributed by atoms with Crippen molar-refractivity contribution in [2.75, 3.05) is 34.5 Å².